The van der Waals surface area contributed by atoms with E-state index in [0.29, 0.717) is 27.7 Å². The summed E-state index contributed by atoms with van der Waals surface area (Å²) in [6, 6.07) is 13.9. The number of carbonyl (C=O) groups is 2. The van der Waals surface area contributed by atoms with Gasteiger partial charge in [-0.2, -0.15) is 5.10 Å². The van der Waals surface area contributed by atoms with E-state index in [2.05, 4.69) is 28.1 Å². The number of benzene rings is 2. The average Bonchev–Trinajstić information content (AvgIpc) is 2.88. The Labute approximate surface area is 222 Å². The maximum absolute atomic E-state index is 12.7. The lowest BCUT2D eigenvalue weighted by atomic mass is 9.95. The van der Waals surface area contributed by atoms with Crippen molar-refractivity contribution in [3.05, 3.63) is 70.9 Å². The Balaban J connectivity index is 1.63. The van der Waals surface area contributed by atoms with E-state index in [1.807, 2.05) is 37.3 Å². The fraction of sp³-hybridized carbons (Fsp3) is 0.333. The van der Waals surface area contributed by atoms with Crippen molar-refractivity contribution in [2.45, 2.75) is 46.3 Å². The Morgan fingerprint density at radius 3 is 2.59 bits per heavy atom. The molecule has 0 aliphatic carbocycles. The lowest BCUT2D eigenvalue weighted by molar-refractivity contribution is -0.139. The standard InChI is InChI=1S/C27H32N4O5S/c1-5-17(3)36-20-13-11-19(12-14-20)15-28-31-23(32)16-35-22-10-8-7-9-21(22)25-24(26(33)34-6-2)18(4)29-27(37)30-25/h7-15,17,25H,5-6,16H2,1-4H3,(H,31,32)(H2,29,30,37)/t17-,25+/m1/s1. The van der Waals surface area contributed by atoms with Crippen molar-refractivity contribution in [2.75, 3.05) is 13.2 Å². The molecule has 0 bridgehead atoms. The van der Waals surface area contributed by atoms with E-state index in [1.165, 1.54) is 6.21 Å². The summed E-state index contributed by atoms with van der Waals surface area (Å²) in [6.45, 7) is 7.54. The van der Waals surface area contributed by atoms with E-state index >= 15 is 0 Å². The maximum atomic E-state index is 12.7. The van der Waals surface area contributed by atoms with Gasteiger partial charge in [0.15, 0.2) is 11.7 Å². The van der Waals surface area contributed by atoms with Gasteiger partial charge >= 0.3 is 5.97 Å². The van der Waals surface area contributed by atoms with Crippen molar-refractivity contribution in [3.63, 3.8) is 0 Å². The maximum Gasteiger partial charge on any atom is 0.338 e. The van der Waals surface area contributed by atoms with E-state index in [4.69, 9.17) is 26.4 Å². The number of amides is 1. The predicted octanol–water partition coefficient (Wildman–Crippen LogP) is 3.75. The second-order valence-corrected chi connectivity index (χ2v) is 8.72. The van der Waals surface area contributed by atoms with Gasteiger partial charge in [0.2, 0.25) is 0 Å². The van der Waals surface area contributed by atoms with Gasteiger partial charge in [0, 0.05) is 11.3 Å². The number of nitrogens with one attached hydrogen (secondary N) is 3. The van der Waals surface area contributed by atoms with Crippen LogP contribution in [0.25, 0.3) is 0 Å². The highest BCUT2D eigenvalue weighted by Crippen LogP contribution is 2.33. The van der Waals surface area contributed by atoms with Gasteiger partial charge in [0.05, 0.1) is 30.5 Å². The molecule has 3 N–H and O–H groups in total. The third kappa shape index (κ3) is 7.78. The summed E-state index contributed by atoms with van der Waals surface area (Å²) in [5.74, 6) is 0.306. The van der Waals surface area contributed by atoms with E-state index in [1.54, 1.807) is 32.0 Å². The van der Waals surface area contributed by atoms with Crippen molar-refractivity contribution in [1.82, 2.24) is 16.1 Å². The predicted molar refractivity (Wildman–Crippen MR) is 145 cm³/mol. The third-order valence-electron chi connectivity index (χ3n) is 5.55. The van der Waals surface area contributed by atoms with Crippen LogP contribution in [-0.4, -0.2) is 42.5 Å². The van der Waals surface area contributed by atoms with E-state index in [9.17, 15) is 9.59 Å². The molecule has 3 rings (SSSR count). The minimum atomic E-state index is -0.600. The minimum Gasteiger partial charge on any atom is -0.491 e. The number of rotatable bonds is 11. The van der Waals surface area contributed by atoms with Crippen molar-refractivity contribution in [1.29, 1.82) is 0 Å². The number of carbonyl (C=O) groups excluding carboxylic acids is 2. The van der Waals surface area contributed by atoms with Crippen molar-refractivity contribution >= 4 is 35.4 Å². The van der Waals surface area contributed by atoms with Crippen molar-refractivity contribution in [3.8, 4) is 11.5 Å². The molecule has 0 fully saturated rings. The van der Waals surface area contributed by atoms with Crippen LogP contribution in [0.5, 0.6) is 11.5 Å². The minimum absolute atomic E-state index is 0.142. The quantitative estimate of drug-likeness (QED) is 0.176. The first-order chi connectivity index (χ1) is 17.8. The number of allylic oxidation sites excluding steroid dienone is 1. The van der Waals surface area contributed by atoms with Crippen LogP contribution in [0.4, 0.5) is 0 Å². The topological polar surface area (TPSA) is 110 Å². The first-order valence-corrected chi connectivity index (χ1v) is 12.5. The Hall–Kier alpha value is -3.92. The molecule has 0 aromatic heterocycles. The first-order valence-electron chi connectivity index (χ1n) is 12.1. The SMILES string of the molecule is CCOC(=O)C1=C(C)NC(=S)N[C@H]1c1ccccc1OCC(=O)NN=Cc1ccc(O[C@H](C)CC)cc1. The van der Waals surface area contributed by atoms with Crippen LogP contribution >= 0.6 is 12.2 Å². The number of ether oxygens (including phenoxy) is 3. The van der Waals surface area contributed by atoms with Crippen LogP contribution in [0.2, 0.25) is 0 Å². The number of nitrogens with zero attached hydrogens (tertiary/aromatic N) is 1. The van der Waals surface area contributed by atoms with Gasteiger partial charge in [-0.15, -0.1) is 0 Å². The number of hydrogen-bond donors (Lipinski definition) is 3. The van der Waals surface area contributed by atoms with Crippen LogP contribution in [0.15, 0.2) is 64.9 Å². The summed E-state index contributed by atoms with van der Waals surface area (Å²) >= 11 is 5.30. The summed E-state index contributed by atoms with van der Waals surface area (Å²) in [7, 11) is 0. The fourth-order valence-electron chi connectivity index (χ4n) is 3.56. The Morgan fingerprint density at radius 1 is 1.16 bits per heavy atom. The third-order valence-corrected chi connectivity index (χ3v) is 5.77. The Kier molecular flexibility index (Phi) is 10.0. The normalized spacial score (nSPS) is 16.0. The highest BCUT2D eigenvalue weighted by atomic mass is 32.1. The summed E-state index contributed by atoms with van der Waals surface area (Å²) < 4.78 is 16.8. The molecular formula is C27H32N4O5S. The van der Waals surface area contributed by atoms with Crippen LogP contribution in [0.1, 0.15) is 51.3 Å². The molecule has 0 unspecified atom stereocenters. The zero-order chi connectivity index (χ0) is 26.8. The van der Waals surface area contributed by atoms with Gasteiger partial charge in [-0.25, -0.2) is 10.2 Å². The highest BCUT2D eigenvalue weighted by molar-refractivity contribution is 7.80. The Morgan fingerprint density at radius 2 is 1.89 bits per heavy atom. The van der Waals surface area contributed by atoms with Crippen LogP contribution in [0, 0.1) is 0 Å². The number of hydrogen-bond acceptors (Lipinski definition) is 7. The molecule has 2 aromatic rings. The molecule has 9 nitrogen and oxygen atoms in total. The van der Waals surface area contributed by atoms with Gasteiger partial charge in [-0.3, -0.25) is 4.79 Å². The molecule has 1 heterocycles. The average molecular weight is 525 g/mol. The van der Waals surface area contributed by atoms with Gasteiger partial charge in [-0.05, 0) is 75.3 Å². The molecule has 196 valence electrons. The molecule has 1 aliphatic rings. The van der Waals surface area contributed by atoms with Crippen LogP contribution < -0.4 is 25.5 Å². The smallest absolute Gasteiger partial charge is 0.338 e. The number of esters is 1. The number of para-hydroxylation sites is 1. The van der Waals surface area contributed by atoms with Crippen molar-refractivity contribution in [2.24, 2.45) is 5.10 Å². The molecule has 0 radical (unpaired) electrons. The lowest BCUT2D eigenvalue weighted by Gasteiger charge is -2.30. The molecule has 10 heteroatoms. The summed E-state index contributed by atoms with van der Waals surface area (Å²) in [6.07, 6.45) is 2.60. The summed E-state index contributed by atoms with van der Waals surface area (Å²) in [4.78, 5) is 25.0. The molecule has 2 atom stereocenters. The number of hydrazone groups is 1. The Bertz CT molecular complexity index is 1180. The molecule has 1 aliphatic heterocycles. The molecular weight excluding hydrogens is 492 g/mol. The second kappa shape index (κ2) is 13.4. The summed E-state index contributed by atoms with van der Waals surface area (Å²) in [5.41, 5.74) is 4.89. The van der Waals surface area contributed by atoms with Crippen LogP contribution in [0.3, 0.4) is 0 Å². The molecule has 0 spiro atoms. The summed E-state index contributed by atoms with van der Waals surface area (Å²) in [5, 5.41) is 10.4. The first kappa shape index (κ1) is 27.7. The van der Waals surface area contributed by atoms with Gasteiger partial charge in [0.25, 0.3) is 5.91 Å². The van der Waals surface area contributed by atoms with Gasteiger partial charge < -0.3 is 24.8 Å². The number of thiocarbonyl (C=S) groups is 1. The van der Waals surface area contributed by atoms with Gasteiger partial charge in [0.1, 0.15) is 11.5 Å². The molecule has 0 saturated carbocycles. The molecule has 0 saturated heterocycles. The zero-order valence-electron chi connectivity index (χ0n) is 21.4. The van der Waals surface area contributed by atoms with Gasteiger partial charge in [-0.1, -0.05) is 25.1 Å². The van der Waals surface area contributed by atoms with Crippen LogP contribution in [-0.2, 0) is 14.3 Å². The van der Waals surface area contributed by atoms with Crippen molar-refractivity contribution < 1.29 is 23.8 Å². The molecule has 37 heavy (non-hydrogen) atoms. The lowest BCUT2D eigenvalue weighted by Crippen LogP contribution is -2.45. The van der Waals surface area contributed by atoms with E-state index in [-0.39, 0.29) is 19.3 Å². The van der Waals surface area contributed by atoms with E-state index in [0.717, 1.165) is 17.7 Å². The van der Waals surface area contributed by atoms with E-state index < -0.39 is 17.9 Å². The fourth-order valence-corrected chi connectivity index (χ4v) is 3.83. The monoisotopic (exact) mass is 524 g/mol. The molecule has 2 aromatic carbocycles. The largest absolute Gasteiger partial charge is 0.491 e. The second-order valence-electron chi connectivity index (χ2n) is 8.32. The zero-order valence-corrected chi connectivity index (χ0v) is 22.2. The highest BCUT2D eigenvalue weighted by Gasteiger charge is 2.32. The molecule has 1 amide bonds.